The molecule has 1 aliphatic rings. The molecule has 1 aliphatic carbocycles. The zero-order chi connectivity index (χ0) is 15.7. The number of aliphatic hydroxyl groups is 1. The first kappa shape index (κ1) is 14.6. The van der Waals surface area contributed by atoms with Gasteiger partial charge in [0.05, 0.1) is 24.4 Å². The smallest absolute Gasteiger partial charge is 0.406 e. The van der Waals surface area contributed by atoms with Crippen LogP contribution in [-0.2, 0) is 11.3 Å². The van der Waals surface area contributed by atoms with Crippen molar-refractivity contribution >= 4 is 10.9 Å². The van der Waals surface area contributed by atoms with Gasteiger partial charge in [0.15, 0.2) is 0 Å². The second-order valence-corrected chi connectivity index (χ2v) is 4.96. The lowest BCUT2D eigenvalue weighted by Gasteiger charge is -2.18. The number of rotatable bonds is 3. The van der Waals surface area contributed by atoms with Gasteiger partial charge in [-0.1, -0.05) is 12.1 Å². The van der Waals surface area contributed by atoms with E-state index in [-0.39, 0.29) is 18.4 Å². The number of ether oxygens (including phenoxy) is 1. The van der Waals surface area contributed by atoms with Gasteiger partial charge in [-0.2, -0.15) is 5.10 Å². The van der Waals surface area contributed by atoms with Crippen molar-refractivity contribution in [1.82, 2.24) is 9.78 Å². The number of aromatic nitrogens is 2. The van der Waals surface area contributed by atoms with Gasteiger partial charge in [0.1, 0.15) is 5.76 Å². The maximum Gasteiger partial charge on any atom is 0.573 e. The third-order valence-corrected chi connectivity index (χ3v) is 3.43. The molecule has 7 heteroatoms. The summed E-state index contributed by atoms with van der Waals surface area (Å²) in [5.41, 5.74) is 1.65. The molecule has 1 N–H and O–H groups in total. The summed E-state index contributed by atoms with van der Waals surface area (Å²) in [6.45, 7) is -0.0503. The first-order chi connectivity index (χ1) is 10.5. The largest absolute Gasteiger partial charge is 0.573 e. The van der Waals surface area contributed by atoms with E-state index in [9.17, 15) is 13.2 Å². The minimum Gasteiger partial charge on any atom is -0.406 e. The highest BCUT2D eigenvalue weighted by Crippen LogP contribution is 2.29. The number of halogens is 3. The second kappa shape index (κ2) is 5.49. The average Bonchev–Trinajstić information content (AvgIpc) is 2.89. The summed E-state index contributed by atoms with van der Waals surface area (Å²) in [4.78, 5) is 0. The topological polar surface area (TPSA) is 47.3 Å². The third kappa shape index (κ3) is 2.99. The Balaban J connectivity index is 1.81. The van der Waals surface area contributed by atoms with Crippen LogP contribution in [0.1, 0.15) is 18.0 Å². The number of fused-ring (bicyclic) bond motifs is 1. The second-order valence-electron chi connectivity index (χ2n) is 4.96. The zero-order valence-corrected chi connectivity index (χ0v) is 11.4. The van der Waals surface area contributed by atoms with Crippen LogP contribution < -0.4 is 0 Å². The molecule has 0 spiro atoms. The van der Waals surface area contributed by atoms with E-state index in [1.54, 1.807) is 23.0 Å². The molecular weight excluding hydrogens is 297 g/mol. The Morgan fingerprint density at radius 1 is 1.36 bits per heavy atom. The lowest BCUT2D eigenvalue weighted by atomic mass is 10.1. The molecule has 3 rings (SSSR count). The van der Waals surface area contributed by atoms with Crippen molar-refractivity contribution < 1.29 is 23.0 Å². The molecule has 1 heterocycles. The van der Waals surface area contributed by atoms with Crippen molar-refractivity contribution in [2.45, 2.75) is 25.4 Å². The summed E-state index contributed by atoms with van der Waals surface area (Å²) in [6.07, 6.45) is 1.69. The molecule has 0 saturated carbocycles. The molecule has 4 nitrogen and oxygen atoms in total. The Morgan fingerprint density at radius 3 is 2.82 bits per heavy atom. The van der Waals surface area contributed by atoms with Crippen LogP contribution in [0.15, 0.2) is 48.4 Å². The van der Waals surface area contributed by atoms with Crippen LogP contribution in [-0.4, -0.2) is 21.2 Å². The Kier molecular flexibility index (Phi) is 3.66. The van der Waals surface area contributed by atoms with Crippen LogP contribution in [0, 0.1) is 0 Å². The van der Waals surface area contributed by atoms with Crippen LogP contribution in [0.3, 0.4) is 0 Å². The summed E-state index contributed by atoms with van der Waals surface area (Å²) in [7, 11) is 0. The van der Waals surface area contributed by atoms with E-state index >= 15 is 0 Å². The molecule has 0 radical (unpaired) electrons. The molecule has 1 aromatic heterocycles. The summed E-state index contributed by atoms with van der Waals surface area (Å²) in [5, 5.41) is 14.3. The lowest BCUT2D eigenvalue weighted by Crippen LogP contribution is -2.15. The molecule has 1 unspecified atom stereocenters. The van der Waals surface area contributed by atoms with Gasteiger partial charge in [-0.15, -0.1) is 13.2 Å². The minimum atomic E-state index is -4.68. The molecular formula is C15H13F3N2O2. The Bertz CT molecular complexity index is 747. The zero-order valence-electron chi connectivity index (χ0n) is 11.4. The number of allylic oxidation sites excluding steroid dienone is 3. The Labute approximate surface area is 124 Å². The van der Waals surface area contributed by atoms with Crippen molar-refractivity contribution in [3.8, 4) is 0 Å². The van der Waals surface area contributed by atoms with E-state index in [0.29, 0.717) is 6.42 Å². The van der Waals surface area contributed by atoms with Gasteiger partial charge in [-0.3, -0.25) is 4.68 Å². The molecule has 0 aliphatic heterocycles. The maximum atomic E-state index is 12.2. The highest BCUT2D eigenvalue weighted by Gasteiger charge is 2.32. The van der Waals surface area contributed by atoms with Gasteiger partial charge < -0.3 is 9.84 Å². The average molecular weight is 310 g/mol. The minimum absolute atomic E-state index is 0.0503. The molecule has 0 bridgehead atoms. The molecule has 0 saturated heterocycles. The summed E-state index contributed by atoms with van der Waals surface area (Å²) >= 11 is 0. The lowest BCUT2D eigenvalue weighted by molar-refractivity contribution is -0.303. The van der Waals surface area contributed by atoms with Gasteiger partial charge >= 0.3 is 6.36 Å². The van der Waals surface area contributed by atoms with Crippen LogP contribution in [0.2, 0.25) is 0 Å². The van der Waals surface area contributed by atoms with E-state index in [1.165, 1.54) is 12.2 Å². The molecule has 22 heavy (non-hydrogen) atoms. The Hall–Kier alpha value is -2.28. The van der Waals surface area contributed by atoms with E-state index < -0.39 is 6.36 Å². The Morgan fingerprint density at radius 2 is 2.18 bits per heavy atom. The highest BCUT2D eigenvalue weighted by molar-refractivity contribution is 5.79. The first-order valence-electron chi connectivity index (χ1n) is 6.67. The van der Waals surface area contributed by atoms with E-state index in [2.05, 4.69) is 9.84 Å². The van der Waals surface area contributed by atoms with E-state index in [1.807, 2.05) is 12.1 Å². The van der Waals surface area contributed by atoms with Crippen molar-refractivity contribution in [2.24, 2.45) is 0 Å². The monoisotopic (exact) mass is 310 g/mol. The van der Waals surface area contributed by atoms with Crippen LogP contribution >= 0.6 is 0 Å². The van der Waals surface area contributed by atoms with Crippen LogP contribution in [0.25, 0.3) is 10.9 Å². The molecule has 0 fully saturated rings. The number of aliphatic hydroxyl groups excluding tert-OH is 1. The molecule has 1 atom stereocenters. The van der Waals surface area contributed by atoms with E-state index in [0.717, 1.165) is 16.5 Å². The molecule has 0 amide bonds. The highest BCUT2D eigenvalue weighted by atomic mass is 19.4. The van der Waals surface area contributed by atoms with E-state index in [4.69, 9.17) is 5.11 Å². The van der Waals surface area contributed by atoms with Gasteiger partial charge in [-0.25, -0.2) is 0 Å². The maximum absolute atomic E-state index is 12.2. The summed E-state index contributed by atoms with van der Waals surface area (Å²) < 4.78 is 42.1. The SMILES string of the molecule is OCc1ccc2c(cnn2C2C=CC(OC(F)(F)F)=CC2)c1. The molecule has 2 aromatic rings. The predicted molar refractivity (Wildman–Crippen MR) is 73.7 cm³/mol. The number of hydrogen-bond donors (Lipinski definition) is 1. The standard InChI is InChI=1S/C15H13F3N2O2/c16-15(17,18)22-13-4-2-12(3-5-13)20-14-6-1-10(9-21)7-11(14)8-19-20/h1-2,4-8,12,21H,3,9H2. The van der Waals surface area contributed by atoms with Crippen molar-refractivity contribution in [2.75, 3.05) is 0 Å². The normalized spacial score (nSPS) is 18.5. The van der Waals surface area contributed by atoms with Crippen molar-refractivity contribution in [3.63, 3.8) is 0 Å². The van der Waals surface area contributed by atoms with Gasteiger partial charge in [0.2, 0.25) is 0 Å². The third-order valence-electron chi connectivity index (χ3n) is 3.43. The fourth-order valence-corrected chi connectivity index (χ4v) is 2.45. The van der Waals surface area contributed by atoms with Gasteiger partial charge in [0, 0.05) is 5.39 Å². The van der Waals surface area contributed by atoms with Crippen molar-refractivity contribution in [3.05, 3.63) is 53.9 Å². The number of benzene rings is 1. The van der Waals surface area contributed by atoms with Gasteiger partial charge in [0.25, 0.3) is 0 Å². The fourth-order valence-electron chi connectivity index (χ4n) is 2.45. The first-order valence-corrected chi connectivity index (χ1v) is 6.67. The van der Waals surface area contributed by atoms with Gasteiger partial charge in [-0.05, 0) is 36.3 Å². The van der Waals surface area contributed by atoms with Crippen LogP contribution in [0.4, 0.5) is 13.2 Å². The predicted octanol–water partition coefficient (Wildman–Crippen LogP) is 3.45. The molecule has 116 valence electrons. The number of nitrogens with zero attached hydrogens (tertiary/aromatic N) is 2. The van der Waals surface area contributed by atoms with Crippen LogP contribution in [0.5, 0.6) is 0 Å². The number of hydrogen-bond acceptors (Lipinski definition) is 3. The number of alkyl halides is 3. The quantitative estimate of drug-likeness (QED) is 0.944. The summed E-state index contributed by atoms with van der Waals surface area (Å²) in [5.74, 6) is -0.206. The fraction of sp³-hybridized carbons (Fsp3) is 0.267. The van der Waals surface area contributed by atoms with Crippen molar-refractivity contribution in [1.29, 1.82) is 0 Å². The molecule has 1 aromatic carbocycles. The summed E-state index contributed by atoms with van der Waals surface area (Å²) in [6, 6.07) is 5.30.